The van der Waals surface area contributed by atoms with Crippen molar-refractivity contribution in [2.75, 3.05) is 29.9 Å². The third-order valence-corrected chi connectivity index (χ3v) is 5.54. The summed E-state index contributed by atoms with van der Waals surface area (Å²) in [7, 11) is 0. The number of aromatic nitrogens is 4. The van der Waals surface area contributed by atoms with E-state index in [0.717, 1.165) is 37.6 Å². The molecule has 3 N–H and O–H groups in total. The predicted molar refractivity (Wildman–Crippen MR) is 104 cm³/mol. The zero-order valence-corrected chi connectivity index (χ0v) is 16.0. The van der Waals surface area contributed by atoms with Crippen molar-refractivity contribution in [2.45, 2.75) is 52.4 Å². The number of aromatic amines is 1. The Kier molecular flexibility index (Phi) is 5.76. The molecule has 3 rings (SSSR count). The lowest BCUT2D eigenvalue weighted by molar-refractivity contribution is 0.120. The number of H-pyrrole nitrogens is 1. The van der Waals surface area contributed by atoms with Crippen LogP contribution in [0.25, 0.3) is 0 Å². The highest BCUT2D eigenvalue weighted by molar-refractivity contribution is 5.53. The number of hydrogen-bond acceptors (Lipinski definition) is 6. The number of rotatable bonds is 10. The van der Waals surface area contributed by atoms with Gasteiger partial charge in [-0.1, -0.05) is 13.8 Å². The molecule has 0 aliphatic heterocycles. The lowest BCUT2D eigenvalue weighted by Gasteiger charge is -2.35. The van der Waals surface area contributed by atoms with Crippen molar-refractivity contribution < 1.29 is 5.11 Å². The average molecular weight is 358 g/mol. The van der Waals surface area contributed by atoms with Gasteiger partial charge < -0.3 is 15.3 Å². The van der Waals surface area contributed by atoms with Gasteiger partial charge in [-0.25, -0.2) is 4.98 Å². The van der Waals surface area contributed by atoms with E-state index in [9.17, 15) is 5.11 Å². The van der Waals surface area contributed by atoms with Gasteiger partial charge in [0.25, 0.3) is 0 Å². The summed E-state index contributed by atoms with van der Waals surface area (Å²) in [5, 5.41) is 20.6. The van der Waals surface area contributed by atoms with Gasteiger partial charge >= 0.3 is 0 Å². The fourth-order valence-corrected chi connectivity index (χ4v) is 3.18. The first kappa shape index (κ1) is 18.6. The molecule has 1 aliphatic carbocycles. The lowest BCUT2D eigenvalue weighted by Crippen LogP contribution is -2.40. The summed E-state index contributed by atoms with van der Waals surface area (Å²) in [6, 6.07) is 3.91. The maximum Gasteiger partial charge on any atom is 0.227 e. The molecule has 0 spiro atoms. The molecule has 2 aromatic rings. The van der Waals surface area contributed by atoms with Crippen LogP contribution in [-0.4, -0.2) is 45.0 Å². The Labute approximate surface area is 155 Å². The summed E-state index contributed by atoms with van der Waals surface area (Å²) in [4.78, 5) is 11.2. The highest BCUT2D eigenvalue weighted by Crippen LogP contribution is 2.39. The normalized spacial score (nSPS) is 14.5. The predicted octanol–water partition coefficient (Wildman–Crippen LogP) is 3.45. The van der Waals surface area contributed by atoms with E-state index in [1.54, 1.807) is 6.20 Å². The van der Waals surface area contributed by atoms with Crippen molar-refractivity contribution in [3.05, 3.63) is 24.0 Å². The van der Waals surface area contributed by atoms with Crippen LogP contribution in [-0.2, 0) is 0 Å². The first-order valence-corrected chi connectivity index (χ1v) is 9.64. The minimum atomic E-state index is -0.121. The van der Waals surface area contributed by atoms with E-state index < -0.39 is 0 Å². The van der Waals surface area contributed by atoms with Crippen LogP contribution in [0.4, 0.5) is 17.6 Å². The topological polar surface area (TPSA) is 90.0 Å². The molecule has 7 heteroatoms. The van der Waals surface area contributed by atoms with Crippen molar-refractivity contribution in [1.29, 1.82) is 0 Å². The van der Waals surface area contributed by atoms with Crippen molar-refractivity contribution in [3.8, 4) is 0 Å². The van der Waals surface area contributed by atoms with Gasteiger partial charge in [0.2, 0.25) is 5.95 Å². The minimum Gasteiger partial charge on any atom is -0.396 e. The van der Waals surface area contributed by atoms with Gasteiger partial charge in [-0.05, 0) is 38.7 Å². The third-order valence-electron chi connectivity index (χ3n) is 5.54. The smallest absolute Gasteiger partial charge is 0.227 e. The SMILES string of the molecule is CCN(CC(CC)(CC)CO)c1nccc(Nc2cc(C3CC3)[nH]n2)n1. The zero-order valence-electron chi connectivity index (χ0n) is 16.0. The van der Waals surface area contributed by atoms with Gasteiger partial charge in [0.15, 0.2) is 5.82 Å². The molecule has 1 saturated carbocycles. The standard InChI is InChI=1S/C19H30N6O/c1-4-19(5-2,13-26)12-25(6-3)18-20-10-9-16(22-18)21-17-11-15(23-24-17)14-7-8-14/h9-11,14,26H,4-8,12-13H2,1-3H3,(H2,20,21,22,23,24). The van der Waals surface area contributed by atoms with Gasteiger partial charge in [-0.15, -0.1) is 0 Å². The second-order valence-corrected chi connectivity index (χ2v) is 7.23. The molecule has 0 aromatic carbocycles. The summed E-state index contributed by atoms with van der Waals surface area (Å²) >= 11 is 0. The molecular weight excluding hydrogens is 328 g/mol. The highest BCUT2D eigenvalue weighted by Gasteiger charge is 2.29. The Bertz CT molecular complexity index is 699. The van der Waals surface area contributed by atoms with Crippen molar-refractivity contribution in [1.82, 2.24) is 20.2 Å². The van der Waals surface area contributed by atoms with E-state index in [1.165, 1.54) is 18.5 Å². The van der Waals surface area contributed by atoms with Crippen molar-refractivity contribution in [2.24, 2.45) is 5.41 Å². The summed E-state index contributed by atoms with van der Waals surface area (Å²) in [6.45, 7) is 8.05. The molecule has 0 atom stereocenters. The quantitative estimate of drug-likeness (QED) is 0.603. The van der Waals surface area contributed by atoms with E-state index in [2.05, 4.69) is 57.2 Å². The summed E-state index contributed by atoms with van der Waals surface area (Å²) in [5.74, 6) is 2.83. The van der Waals surface area contributed by atoms with E-state index in [0.29, 0.717) is 11.9 Å². The molecule has 1 fully saturated rings. The van der Waals surface area contributed by atoms with Gasteiger partial charge in [0.05, 0.1) is 6.61 Å². The Hall–Kier alpha value is -2.15. The van der Waals surface area contributed by atoms with Crippen LogP contribution >= 0.6 is 0 Å². The van der Waals surface area contributed by atoms with Gasteiger partial charge in [-0.2, -0.15) is 10.1 Å². The Morgan fingerprint density at radius 2 is 2.04 bits per heavy atom. The molecule has 1 aliphatic rings. The molecular formula is C19H30N6O. The van der Waals surface area contributed by atoms with Crippen molar-refractivity contribution in [3.63, 3.8) is 0 Å². The number of aliphatic hydroxyl groups is 1. The molecule has 142 valence electrons. The number of hydrogen-bond donors (Lipinski definition) is 3. The Morgan fingerprint density at radius 3 is 2.65 bits per heavy atom. The van der Waals surface area contributed by atoms with Crippen LogP contribution < -0.4 is 10.2 Å². The van der Waals surface area contributed by atoms with Gasteiger partial charge in [-0.3, -0.25) is 5.10 Å². The van der Waals surface area contributed by atoms with Crippen LogP contribution in [0.15, 0.2) is 18.3 Å². The molecule has 2 heterocycles. The van der Waals surface area contributed by atoms with Crippen molar-refractivity contribution >= 4 is 17.6 Å². The molecule has 0 bridgehead atoms. The van der Waals surface area contributed by atoms with E-state index in [1.807, 2.05) is 6.07 Å². The van der Waals surface area contributed by atoms with Gasteiger partial charge in [0.1, 0.15) is 5.82 Å². The third kappa shape index (κ3) is 4.15. The fraction of sp³-hybridized carbons (Fsp3) is 0.632. The first-order chi connectivity index (χ1) is 12.6. The fourth-order valence-electron chi connectivity index (χ4n) is 3.18. The highest BCUT2D eigenvalue weighted by atomic mass is 16.3. The monoisotopic (exact) mass is 358 g/mol. The summed E-state index contributed by atoms with van der Waals surface area (Å²) < 4.78 is 0. The summed E-state index contributed by atoms with van der Waals surface area (Å²) in [5.41, 5.74) is 1.07. The number of nitrogens with one attached hydrogen (secondary N) is 2. The summed E-state index contributed by atoms with van der Waals surface area (Å²) in [6.07, 6.45) is 6.09. The largest absolute Gasteiger partial charge is 0.396 e. The van der Waals surface area contributed by atoms with E-state index >= 15 is 0 Å². The van der Waals surface area contributed by atoms with Crippen LogP contribution in [0.2, 0.25) is 0 Å². The Morgan fingerprint density at radius 1 is 1.27 bits per heavy atom. The molecule has 26 heavy (non-hydrogen) atoms. The zero-order chi connectivity index (χ0) is 18.6. The number of nitrogens with zero attached hydrogens (tertiary/aromatic N) is 4. The molecule has 7 nitrogen and oxygen atoms in total. The minimum absolute atomic E-state index is 0.121. The van der Waals surface area contributed by atoms with Crippen LogP contribution in [0.3, 0.4) is 0 Å². The first-order valence-electron chi connectivity index (χ1n) is 9.64. The Balaban J connectivity index is 1.73. The van der Waals surface area contributed by atoms with E-state index in [4.69, 9.17) is 0 Å². The molecule has 0 unspecified atom stereocenters. The lowest BCUT2D eigenvalue weighted by atomic mass is 9.83. The second kappa shape index (κ2) is 8.03. The van der Waals surface area contributed by atoms with E-state index in [-0.39, 0.29) is 12.0 Å². The molecule has 2 aromatic heterocycles. The number of anilines is 3. The maximum absolute atomic E-state index is 9.88. The average Bonchev–Trinajstić information content (AvgIpc) is 3.43. The van der Waals surface area contributed by atoms with Crippen LogP contribution in [0, 0.1) is 5.41 Å². The molecule has 0 radical (unpaired) electrons. The number of aliphatic hydroxyl groups excluding tert-OH is 1. The maximum atomic E-state index is 9.88. The van der Waals surface area contributed by atoms with Crippen LogP contribution in [0.5, 0.6) is 0 Å². The van der Waals surface area contributed by atoms with Crippen LogP contribution in [0.1, 0.15) is 58.1 Å². The van der Waals surface area contributed by atoms with Gasteiger partial charge in [0, 0.05) is 42.4 Å². The molecule has 0 saturated heterocycles. The second-order valence-electron chi connectivity index (χ2n) is 7.23. The molecule has 0 amide bonds.